The Hall–Kier alpha value is -3.42. The Kier molecular flexibility index (Phi) is 8.00. The molecule has 0 saturated heterocycles. The van der Waals surface area contributed by atoms with Crippen molar-refractivity contribution in [2.45, 2.75) is 69.5 Å². The lowest BCUT2D eigenvalue weighted by Crippen LogP contribution is -2.55. The van der Waals surface area contributed by atoms with Crippen LogP contribution in [-0.2, 0) is 30.3 Å². The number of Topliss-reactive ketones (excluding diaryl/α,β-unsaturated/α-hetero) is 1. The highest BCUT2D eigenvalue weighted by Gasteiger charge is 2.35. The van der Waals surface area contributed by atoms with Gasteiger partial charge < -0.3 is 20.7 Å². The third-order valence-corrected chi connectivity index (χ3v) is 6.54. The molecule has 2 fully saturated rings. The number of methoxy groups -OCH3 is 1. The molecule has 8 nitrogen and oxygen atoms in total. The minimum atomic E-state index is -1.01. The fourth-order valence-electron chi connectivity index (χ4n) is 4.14. The fourth-order valence-corrected chi connectivity index (χ4v) is 4.14. The third-order valence-electron chi connectivity index (χ3n) is 6.54. The Morgan fingerprint density at radius 1 is 1.00 bits per heavy atom. The second-order valence-electron chi connectivity index (χ2n) is 9.59. The van der Waals surface area contributed by atoms with Crippen LogP contribution in [0.5, 0.6) is 0 Å². The first-order valence-electron chi connectivity index (χ1n) is 12.4. The average molecular weight is 480 g/mol. The van der Waals surface area contributed by atoms with Gasteiger partial charge in [0.25, 0.3) is 5.91 Å². The molecule has 186 valence electrons. The van der Waals surface area contributed by atoms with Crippen LogP contribution in [0.1, 0.15) is 50.5 Å². The summed E-state index contributed by atoms with van der Waals surface area (Å²) in [5.74, 6) is -1.12. The van der Waals surface area contributed by atoms with Crippen LogP contribution in [0.2, 0.25) is 0 Å². The maximum Gasteiger partial charge on any atom is 0.289 e. The van der Waals surface area contributed by atoms with Gasteiger partial charge in [0.2, 0.25) is 17.6 Å². The maximum atomic E-state index is 13.3. The Bertz CT molecular complexity index is 1020. The summed E-state index contributed by atoms with van der Waals surface area (Å²) < 4.78 is 5.24. The molecule has 1 aromatic carbocycles. The molecule has 3 N–H and O–H groups in total. The van der Waals surface area contributed by atoms with Crippen molar-refractivity contribution in [1.29, 1.82) is 0 Å². The molecule has 0 radical (unpaired) electrons. The Morgan fingerprint density at radius 2 is 1.74 bits per heavy atom. The van der Waals surface area contributed by atoms with E-state index < -0.39 is 29.7 Å². The lowest BCUT2D eigenvalue weighted by molar-refractivity contribution is -0.140. The number of carbonyl (C=O) groups excluding carboxylic acids is 4. The number of amides is 3. The molecule has 0 aliphatic heterocycles. The van der Waals surface area contributed by atoms with Crippen molar-refractivity contribution in [1.82, 2.24) is 16.0 Å². The van der Waals surface area contributed by atoms with Crippen molar-refractivity contribution in [2.24, 2.45) is 5.92 Å². The molecule has 3 aliphatic carbocycles. The molecule has 4 rings (SSSR count). The number of hydrogen-bond donors (Lipinski definition) is 3. The molecule has 0 spiro atoms. The fraction of sp³-hybridized carbons (Fsp3) is 0.481. The Morgan fingerprint density at radius 3 is 2.40 bits per heavy atom. The van der Waals surface area contributed by atoms with Crippen molar-refractivity contribution < 1.29 is 23.9 Å². The first kappa shape index (κ1) is 24.7. The van der Waals surface area contributed by atoms with Crippen molar-refractivity contribution in [2.75, 3.05) is 7.11 Å². The molecule has 35 heavy (non-hydrogen) atoms. The van der Waals surface area contributed by atoms with Gasteiger partial charge in [-0.25, -0.2) is 0 Å². The number of rotatable bonds is 12. The molecular weight excluding hydrogens is 446 g/mol. The van der Waals surface area contributed by atoms with E-state index in [1.165, 1.54) is 0 Å². The summed E-state index contributed by atoms with van der Waals surface area (Å²) in [5, 5.41) is 8.37. The molecule has 3 amide bonds. The molecule has 0 heterocycles. The number of benzene rings is 1. The predicted octanol–water partition coefficient (Wildman–Crippen LogP) is 2.10. The number of ketones is 1. The van der Waals surface area contributed by atoms with Gasteiger partial charge in [-0.3, -0.25) is 19.2 Å². The SMILES string of the molecule is COC1=CCCC(C(=O)NC(CC2CC2)C(=O)NC(Cc2ccccc2)C(=O)C(=O)NC2CC2)=C1. The molecule has 3 aliphatic rings. The summed E-state index contributed by atoms with van der Waals surface area (Å²) in [5.41, 5.74) is 1.39. The van der Waals surface area contributed by atoms with Gasteiger partial charge in [-0.05, 0) is 55.7 Å². The Labute approximate surface area is 205 Å². The Balaban J connectivity index is 1.46. The van der Waals surface area contributed by atoms with Crippen LogP contribution in [0.15, 0.2) is 53.8 Å². The smallest absolute Gasteiger partial charge is 0.289 e. The zero-order valence-corrected chi connectivity index (χ0v) is 20.0. The number of allylic oxidation sites excluding steroid dienone is 2. The van der Waals surface area contributed by atoms with Gasteiger partial charge >= 0.3 is 0 Å². The molecule has 2 atom stereocenters. The summed E-state index contributed by atoms with van der Waals surface area (Å²) in [7, 11) is 1.55. The van der Waals surface area contributed by atoms with Gasteiger partial charge in [-0.1, -0.05) is 43.2 Å². The molecular formula is C27H33N3O5. The van der Waals surface area contributed by atoms with Crippen LogP contribution >= 0.6 is 0 Å². The van der Waals surface area contributed by atoms with E-state index in [0.717, 1.165) is 31.2 Å². The first-order valence-corrected chi connectivity index (χ1v) is 12.4. The molecule has 2 saturated carbocycles. The summed E-state index contributed by atoms with van der Waals surface area (Å²) in [6.07, 6.45) is 9.29. The largest absolute Gasteiger partial charge is 0.497 e. The summed E-state index contributed by atoms with van der Waals surface area (Å²) >= 11 is 0. The number of ether oxygens (including phenoxy) is 1. The van der Waals surface area contributed by atoms with Crippen LogP contribution in [0.3, 0.4) is 0 Å². The topological polar surface area (TPSA) is 114 Å². The van der Waals surface area contributed by atoms with E-state index in [9.17, 15) is 19.2 Å². The van der Waals surface area contributed by atoms with Crippen molar-refractivity contribution in [3.8, 4) is 0 Å². The lowest BCUT2D eigenvalue weighted by Gasteiger charge is -2.24. The van der Waals surface area contributed by atoms with E-state index in [1.807, 2.05) is 36.4 Å². The molecule has 0 aromatic heterocycles. The second-order valence-corrected chi connectivity index (χ2v) is 9.59. The minimum absolute atomic E-state index is 0.0382. The highest BCUT2D eigenvalue weighted by atomic mass is 16.5. The molecule has 8 heteroatoms. The van der Waals surface area contributed by atoms with E-state index in [0.29, 0.717) is 36.5 Å². The van der Waals surface area contributed by atoms with Gasteiger partial charge in [0.05, 0.1) is 7.11 Å². The van der Waals surface area contributed by atoms with E-state index in [1.54, 1.807) is 13.2 Å². The summed E-state index contributed by atoms with van der Waals surface area (Å²) in [4.78, 5) is 51.8. The van der Waals surface area contributed by atoms with Crippen LogP contribution in [0.4, 0.5) is 0 Å². The monoisotopic (exact) mass is 479 g/mol. The van der Waals surface area contributed by atoms with Crippen LogP contribution in [-0.4, -0.2) is 48.7 Å². The zero-order chi connectivity index (χ0) is 24.8. The quantitative estimate of drug-likeness (QED) is 0.398. The van der Waals surface area contributed by atoms with Crippen LogP contribution in [0, 0.1) is 5.92 Å². The van der Waals surface area contributed by atoms with E-state index in [2.05, 4.69) is 16.0 Å². The standard InChI is InChI=1S/C27H33N3O5/c1-35-21-9-5-8-19(16-21)25(32)30-23(15-18-10-11-18)26(33)29-22(14-17-6-3-2-4-7-17)24(31)27(34)28-20-12-13-20/h2-4,6-7,9,16,18,20,22-23H,5,8,10-15H2,1H3,(H,28,34)(H,29,33)(H,30,32). The maximum absolute atomic E-state index is 13.3. The predicted molar refractivity (Wildman–Crippen MR) is 130 cm³/mol. The number of hydrogen-bond acceptors (Lipinski definition) is 5. The second kappa shape index (κ2) is 11.3. The highest BCUT2D eigenvalue weighted by molar-refractivity contribution is 6.38. The molecule has 1 aromatic rings. The van der Waals surface area contributed by atoms with Crippen LogP contribution < -0.4 is 16.0 Å². The van der Waals surface area contributed by atoms with E-state index in [4.69, 9.17) is 4.74 Å². The minimum Gasteiger partial charge on any atom is -0.497 e. The van der Waals surface area contributed by atoms with Gasteiger partial charge in [0.15, 0.2) is 0 Å². The average Bonchev–Trinajstić information content (AvgIpc) is 3.80. The molecule has 2 unspecified atom stereocenters. The van der Waals surface area contributed by atoms with Gasteiger partial charge in [-0.15, -0.1) is 0 Å². The molecule has 0 bridgehead atoms. The van der Waals surface area contributed by atoms with E-state index >= 15 is 0 Å². The van der Waals surface area contributed by atoms with Crippen molar-refractivity contribution in [3.63, 3.8) is 0 Å². The van der Waals surface area contributed by atoms with E-state index in [-0.39, 0.29) is 18.4 Å². The zero-order valence-electron chi connectivity index (χ0n) is 20.0. The van der Waals surface area contributed by atoms with Crippen LogP contribution in [0.25, 0.3) is 0 Å². The summed E-state index contributed by atoms with van der Waals surface area (Å²) in [6.45, 7) is 0. The number of carbonyl (C=O) groups is 4. The lowest BCUT2D eigenvalue weighted by atomic mass is 9.99. The first-order chi connectivity index (χ1) is 16.9. The van der Waals surface area contributed by atoms with Gasteiger partial charge in [0.1, 0.15) is 17.8 Å². The summed E-state index contributed by atoms with van der Waals surface area (Å²) in [6, 6.07) is 7.50. The van der Waals surface area contributed by atoms with Gasteiger partial charge in [-0.2, -0.15) is 0 Å². The van der Waals surface area contributed by atoms with Crippen molar-refractivity contribution >= 4 is 23.5 Å². The van der Waals surface area contributed by atoms with Crippen molar-refractivity contribution in [3.05, 3.63) is 59.4 Å². The highest BCUT2D eigenvalue weighted by Crippen LogP contribution is 2.33. The normalized spacial score (nSPS) is 18.9. The third kappa shape index (κ3) is 7.28. The van der Waals surface area contributed by atoms with Gasteiger partial charge in [0, 0.05) is 18.0 Å². The number of nitrogens with one attached hydrogen (secondary N) is 3.